The summed E-state index contributed by atoms with van der Waals surface area (Å²) in [5.41, 5.74) is 4.95. The third-order valence-electron chi connectivity index (χ3n) is 6.98. The number of nitrogens with zero attached hydrogens (tertiary/aromatic N) is 5. The lowest BCUT2D eigenvalue weighted by Crippen LogP contribution is -2.65. The third-order valence-corrected chi connectivity index (χ3v) is 6.98. The number of guanidine groups is 1. The van der Waals surface area contributed by atoms with Crippen LogP contribution in [-0.4, -0.2) is 75.6 Å². The minimum atomic E-state index is -0.626. The van der Waals surface area contributed by atoms with E-state index in [1.54, 1.807) is 0 Å². The standard InChI is InChI=1S/C21H29N9O/c1-21(19(31)23-14-11-22-12-14)7-3-8-29(21)20-25-18(16-4-2-9-30(16)28-20)24-17-10-15(26-27-17)13-5-6-13/h4,10,13-14,22H,2-3,5-9,11-12H2,1H3,(H,23,31)(H2,24,25,26,27,28)/t21-/m0/s1. The van der Waals surface area contributed by atoms with Crippen LogP contribution in [0.4, 0.5) is 5.82 Å². The zero-order valence-electron chi connectivity index (χ0n) is 17.8. The Morgan fingerprint density at radius 2 is 2.19 bits per heavy atom. The quantitative estimate of drug-likeness (QED) is 0.568. The maximum atomic E-state index is 13.2. The van der Waals surface area contributed by atoms with Crippen molar-refractivity contribution in [1.29, 1.82) is 0 Å². The number of nitrogens with one attached hydrogen (secondary N) is 4. The van der Waals surface area contributed by atoms with Crippen LogP contribution >= 0.6 is 0 Å². The maximum absolute atomic E-state index is 13.2. The molecule has 0 aromatic carbocycles. The monoisotopic (exact) mass is 423 g/mol. The van der Waals surface area contributed by atoms with Gasteiger partial charge in [-0.25, -0.2) is 4.99 Å². The van der Waals surface area contributed by atoms with Crippen molar-refractivity contribution in [2.75, 3.05) is 26.2 Å². The molecule has 4 N–H and O–H groups in total. The molecule has 10 heteroatoms. The number of carbonyl (C=O) groups excluding carboxylic acids is 1. The Labute approximate surface area is 181 Å². The van der Waals surface area contributed by atoms with Gasteiger partial charge in [-0.3, -0.25) is 20.3 Å². The zero-order valence-corrected chi connectivity index (χ0v) is 17.8. The second-order valence-corrected chi connectivity index (χ2v) is 9.33. The van der Waals surface area contributed by atoms with E-state index < -0.39 is 5.54 Å². The van der Waals surface area contributed by atoms with Crippen LogP contribution in [0.15, 0.2) is 27.8 Å². The molecule has 1 aromatic heterocycles. The molecule has 1 aromatic rings. The highest BCUT2D eigenvalue weighted by Crippen LogP contribution is 2.40. The number of H-pyrrole nitrogens is 1. The summed E-state index contributed by atoms with van der Waals surface area (Å²) in [5, 5.41) is 16.0. The predicted octanol–water partition coefficient (Wildman–Crippen LogP) is 0.723. The van der Waals surface area contributed by atoms with Crippen molar-refractivity contribution in [3.05, 3.63) is 23.5 Å². The number of likely N-dealkylation sites (tertiary alicyclic amines) is 1. The van der Waals surface area contributed by atoms with E-state index in [4.69, 9.17) is 9.98 Å². The molecule has 5 heterocycles. The van der Waals surface area contributed by atoms with Crippen LogP contribution in [0, 0.1) is 0 Å². The molecule has 10 nitrogen and oxygen atoms in total. The van der Waals surface area contributed by atoms with Crippen molar-refractivity contribution < 1.29 is 4.79 Å². The highest BCUT2D eigenvalue weighted by atomic mass is 16.2. The van der Waals surface area contributed by atoms with Gasteiger partial charge in [-0.1, -0.05) is 6.08 Å². The molecule has 31 heavy (non-hydrogen) atoms. The Morgan fingerprint density at radius 3 is 2.97 bits per heavy atom. The summed E-state index contributed by atoms with van der Waals surface area (Å²) >= 11 is 0. The molecule has 3 fully saturated rings. The van der Waals surface area contributed by atoms with Crippen molar-refractivity contribution in [2.24, 2.45) is 9.98 Å². The highest BCUT2D eigenvalue weighted by molar-refractivity contribution is 6.09. The van der Waals surface area contributed by atoms with Crippen LogP contribution < -0.4 is 16.1 Å². The zero-order chi connectivity index (χ0) is 21.0. The number of amides is 1. The lowest BCUT2D eigenvalue weighted by atomic mass is 9.96. The fraction of sp³-hybridized carbons (Fsp3) is 0.619. The summed E-state index contributed by atoms with van der Waals surface area (Å²) in [6, 6.07) is 2.25. The summed E-state index contributed by atoms with van der Waals surface area (Å²) in [4.78, 5) is 24.9. The largest absolute Gasteiger partial charge is 0.349 e. The van der Waals surface area contributed by atoms with E-state index in [9.17, 15) is 4.79 Å². The van der Waals surface area contributed by atoms with Gasteiger partial charge in [0.2, 0.25) is 11.9 Å². The number of fused-ring (bicyclic) bond motifs is 1. The van der Waals surface area contributed by atoms with Crippen molar-refractivity contribution in [3.8, 4) is 0 Å². The molecule has 0 unspecified atom stereocenters. The van der Waals surface area contributed by atoms with E-state index in [0.29, 0.717) is 23.5 Å². The average Bonchev–Trinajstić information content (AvgIpc) is 3.12. The third kappa shape index (κ3) is 3.29. The number of rotatable bonds is 4. The molecule has 1 saturated carbocycles. The van der Waals surface area contributed by atoms with Crippen molar-refractivity contribution >= 4 is 23.5 Å². The number of amidine groups is 1. The summed E-state index contributed by atoms with van der Waals surface area (Å²) in [6.45, 7) is 5.34. The normalized spacial score (nSPS) is 29.4. The first-order valence-corrected chi connectivity index (χ1v) is 11.4. The number of hydrogen-bond donors (Lipinski definition) is 4. The second kappa shape index (κ2) is 7.08. The Hall–Kier alpha value is -2.88. The summed E-state index contributed by atoms with van der Waals surface area (Å²) in [6.07, 6.45) is 7.28. The van der Waals surface area contributed by atoms with Gasteiger partial charge in [0, 0.05) is 43.9 Å². The van der Waals surface area contributed by atoms with Gasteiger partial charge < -0.3 is 15.5 Å². The predicted molar refractivity (Wildman–Crippen MR) is 117 cm³/mol. The summed E-state index contributed by atoms with van der Waals surface area (Å²) in [7, 11) is 0. The van der Waals surface area contributed by atoms with Crippen molar-refractivity contribution in [1.82, 2.24) is 36.2 Å². The number of aromatic amines is 1. The molecular weight excluding hydrogens is 394 g/mol. The first-order valence-electron chi connectivity index (χ1n) is 11.4. The molecule has 5 aliphatic rings. The Balaban J connectivity index is 1.30. The van der Waals surface area contributed by atoms with Gasteiger partial charge in [-0.05, 0) is 39.0 Å². The average molecular weight is 424 g/mol. The van der Waals surface area contributed by atoms with Crippen molar-refractivity contribution in [2.45, 2.75) is 56.5 Å². The fourth-order valence-corrected chi connectivity index (χ4v) is 4.76. The van der Waals surface area contributed by atoms with Gasteiger partial charge in [0.25, 0.3) is 0 Å². The number of hydrogen-bond acceptors (Lipinski definition) is 7. The Kier molecular flexibility index (Phi) is 4.31. The molecule has 1 atom stereocenters. The Bertz CT molecular complexity index is 987. The smallest absolute Gasteiger partial charge is 0.246 e. The van der Waals surface area contributed by atoms with E-state index in [0.717, 1.165) is 56.8 Å². The van der Waals surface area contributed by atoms with Gasteiger partial charge in [0.05, 0.1) is 11.7 Å². The van der Waals surface area contributed by atoms with E-state index in [1.807, 2.05) is 13.0 Å². The SMILES string of the molecule is C[C@@]1(C(=O)NC2CNC2)CCCN1C1=NC(=Nc2cc(C3CC3)[nH]n2)C2=CCCN2N1. The fourth-order valence-electron chi connectivity index (χ4n) is 4.76. The van der Waals surface area contributed by atoms with Gasteiger partial charge in [0.15, 0.2) is 11.7 Å². The minimum Gasteiger partial charge on any atom is -0.349 e. The molecule has 4 aliphatic heterocycles. The van der Waals surface area contributed by atoms with Crippen molar-refractivity contribution in [3.63, 3.8) is 0 Å². The van der Waals surface area contributed by atoms with Crippen LogP contribution in [0.25, 0.3) is 0 Å². The van der Waals surface area contributed by atoms with Crippen LogP contribution in [0.1, 0.15) is 50.6 Å². The molecule has 1 aliphatic carbocycles. The highest BCUT2D eigenvalue weighted by Gasteiger charge is 2.47. The Morgan fingerprint density at radius 1 is 1.32 bits per heavy atom. The molecular formula is C21H29N9O. The molecule has 0 spiro atoms. The number of aliphatic imine (C=N–C) groups is 2. The van der Waals surface area contributed by atoms with Gasteiger partial charge in [0.1, 0.15) is 5.54 Å². The van der Waals surface area contributed by atoms with Gasteiger partial charge in [-0.15, -0.1) is 0 Å². The van der Waals surface area contributed by atoms with E-state index >= 15 is 0 Å². The van der Waals surface area contributed by atoms with E-state index in [2.05, 4.69) is 42.2 Å². The van der Waals surface area contributed by atoms with Crippen LogP contribution in [0.2, 0.25) is 0 Å². The molecule has 164 valence electrons. The first-order chi connectivity index (χ1) is 15.1. The van der Waals surface area contributed by atoms with Crippen LogP contribution in [0.5, 0.6) is 0 Å². The topological polar surface area (TPSA) is 113 Å². The van der Waals surface area contributed by atoms with Gasteiger partial charge >= 0.3 is 0 Å². The first kappa shape index (κ1) is 18.9. The minimum absolute atomic E-state index is 0.0728. The molecule has 1 amide bonds. The number of aromatic nitrogens is 2. The van der Waals surface area contributed by atoms with Crippen LogP contribution in [-0.2, 0) is 4.79 Å². The molecule has 6 rings (SSSR count). The number of carbonyl (C=O) groups is 1. The summed E-state index contributed by atoms with van der Waals surface area (Å²) in [5.74, 6) is 2.68. The number of hydrazine groups is 1. The molecule has 0 radical (unpaired) electrons. The van der Waals surface area contributed by atoms with Gasteiger partial charge in [-0.2, -0.15) is 10.1 Å². The molecule has 2 saturated heterocycles. The van der Waals surface area contributed by atoms with E-state index in [-0.39, 0.29) is 11.9 Å². The van der Waals surface area contributed by atoms with Crippen LogP contribution in [0.3, 0.4) is 0 Å². The lowest BCUT2D eigenvalue weighted by Gasteiger charge is -2.41. The summed E-state index contributed by atoms with van der Waals surface area (Å²) < 4.78 is 0. The van der Waals surface area contributed by atoms with E-state index in [1.165, 1.54) is 12.8 Å². The maximum Gasteiger partial charge on any atom is 0.246 e. The second-order valence-electron chi connectivity index (χ2n) is 9.33. The lowest BCUT2D eigenvalue weighted by molar-refractivity contribution is -0.130. The molecule has 0 bridgehead atoms.